The molecule has 27 heavy (non-hydrogen) atoms. The van der Waals surface area contributed by atoms with Gasteiger partial charge in [-0.3, -0.25) is 14.9 Å². The van der Waals surface area contributed by atoms with E-state index in [1.165, 1.54) is 52.7 Å². The van der Waals surface area contributed by atoms with Crippen LogP contribution in [-0.2, 0) is 20.9 Å². The Kier molecular flexibility index (Phi) is 6.08. The van der Waals surface area contributed by atoms with Crippen molar-refractivity contribution in [2.24, 2.45) is 0 Å². The molecule has 3 atom stereocenters. The van der Waals surface area contributed by atoms with Gasteiger partial charge in [-0.15, -0.1) is 23.5 Å². The lowest BCUT2D eigenvalue weighted by Gasteiger charge is -2.38. The summed E-state index contributed by atoms with van der Waals surface area (Å²) in [5, 5.41) is 19.6. The number of nitro groups is 1. The molecule has 1 aromatic carbocycles. The number of rotatable bonds is 7. The van der Waals surface area contributed by atoms with Gasteiger partial charge in [-0.1, -0.05) is 6.08 Å². The number of carbonyl (C=O) groups excluding carboxylic acids is 2. The molecule has 2 aliphatic rings. The maximum Gasteiger partial charge on any atom is 0.331 e. The summed E-state index contributed by atoms with van der Waals surface area (Å²) in [7, 11) is 0. The molecule has 0 radical (unpaired) electrons. The Morgan fingerprint density at radius 2 is 2.15 bits per heavy atom. The summed E-state index contributed by atoms with van der Waals surface area (Å²) in [5.74, 6) is -0.217. The van der Waals surface area contributed by atoms with Crippen LogP contribution in [-0.4, -0.2) is 55.2 Å². The fraction of sp³-hybridized carbons (Fsp3) is 0.412. The molecule has 0 aromatic heterocycles. The zero-order valence-electron chi connectivity index (χ0n) is 14.4. The highest BCUT2D eigenvalue weighted by Crippen LogP contribution is 2.51. The Bertz CT molecular complexity index is 782. The van der Waals surface area contributed by atoms with Crippen LogP contribution in [0.3, 0.4) is 0 Å². The molecule has 0 saturated carbocycles. The van der Waals surface area contributed by atoms with E-state index in [0.29, 0.717) is 16.9 Å². The molecule has 2 saturated heterocycles. The molecule has 2 heterocycles. The number of amides is 1. The Morgan fingerprint density at radius 3 is 2.74 bits per heavy atom. The van der Waals surface area contributed by atoms with Crippen LogP contribution < -0.4 is 0 Å². The van der Waals surface area contributed by atoms with Gasteiger partial charge in [-0.2, -0.15) is 0 Å². The number of fused-ring (bicyclic) bond motifs is 1. The van der Waals surface area contributed by atoms with E-state index in [2.05, 4.69) is 0 Å². The number of carbonyl (C=O) groups is 2. The van der Waals surface area contributed by atoms with E-state index < -0.39 is 16.9 Å². The highest BCUT2D eigenvalue weighted by Gasteiger charge is 2.58. The Morgan fingerprint density at radius 1 is 1.44 bits per heavy atom. The van der Waals surface area contributed by atoms with Gasteiger partial charge in [0, 0.05) is 23.5 Å². The summed E-state index contributed by atoms with van der Waals surface area (Å²) in [6, 6.07) is 5.04. The van der Waals surface area contributed by atoms with Crippen molar-refractivity contribution in [2.75, 3.05) is 12.4 Å². The van der Waals surface area contributed by atoms with Crippen LogP contribution in [0.25, 0.3) is 0 Å². The summed E-state index contributed by atoms with van der Waals surface area (Å²) < 4.78 is 5.17. The van der Waals surface area contributed by atoms with E-state index in [1.807, 2.05) is 0 Å². The van der Waals surface area contributed by atoms with Gasteiger partial charge >= 0.3 is 5.97 Å². The molecule has 0 aliphatic carbocycles. The summed E-state index contributed by atoms with van der Waals surface area (Å²) in [4.78, 5) is 36.7. The number of nitro benzene ring substituents is 1. The number of hydrogen-bond acceptors (Lipinski definition) is 8. The monoisotopic (exact) mass is 410 g/mol. The zero-order chi connectivity index (χ0) is 19.6. The minimum atomic E-state index is -0.717. The number of hydrogen-bond donors (Lipinski definition) is 1. The number of ether oxygens (including phenoxy) is 1. The number of non-ortho nitro benzene ring substituents is 1. The van der Waals surface area contributed by atoms with Crippen molar-refractivity contribution in [1.29, 1.82) is 0 Å². The first-order valence-electron chi connectivity index (χ1n) is 8.24. The fourth-order valence-electron chi connectivity index (χ4n) is 2.93. The third kappa shape index (κ3) is 3.83. The van der Waals surface area contributed by atoms with Crippen LogP contribution in [0.5, 0.6) is 0 Å². The number of β-lactam (4-membered cyclic amide) rings is 1. The van der Waals surface area contributed by atoms with Gasteiger partial charge in [0.15, 0.2) is 6.04 Å². The van der Waals surface area contributed by atoms with Crippen molar-refractivity contribution in [3.05, 3.63) is 51.6 Å². The Balaban J connectivity index is 1.67. The van der Waals surface area contributed by atoms with Crippen molar-refractivity contribution in [1.82, 2.24) is 4.90 Å². The van der Waals surface area contributed by atoms with Crippen molar-refractivity contribution in [3.63, 3.8) is 0 Å². The number of allylic oxidation sites excluding steroid dienone is 1. The average Bonchev–Trinajstić information content (AvgIpc) is 3.00. The first kappa shape index (κ1) is 19.7. The smallest absolute Gasteiger partial charge is 0.331 e. The predicted octanol–water partition coefficient (Wildman–Crippen LogP) is 1.92. The predicted molar refractivity (Wildman–Crippen MR) is 102 cm³/mol. The second kappa shape index (κ2) is 8.32. The van der Waals surface area contributed by atoms with E-state index in [0.717, 1.165) is 0 Å². The molecule has 2 fully saturated rings. The fourth-order valence-corrected chi connectivity index (χ4v) is 6.00. The molecule has 1 aromatic rings. The molecule has 1 amide bonds. The first-order chi connectivity index (χ1) is 13.0. The first-order valence-corrected chi connectivity index (χ1v) is 10.2. The molecule has 0 spiro atoms. The van der Waals surface area contributed by atoms with Gasteiger partial charge in [0.25, 0.3) is 11.6 Å². The van der Waals surface area contributed by atoms with Crippen LogP contribution >= 0.6 is 23.5 Å². The molecule has 10 heteroatoms. The number of nitrogens with zero attached hydrogens (tertiary/aromatic N) is 2. The topological polar surface area (TPSA) is 110 Å². The second-order valence-corrected chi connectivity index (χ2v) is 8.66. The van der Waals surface area contributed by atoms with E-state index in [-0.39, 0.29) is 34.8 Å². The lowest BCUT2D eigenvalue weighted by Crippen LogP contribution is -2.57. The molecule has 2 aliphatic heterocycles. The highest BCUT2D eigenvalue weighted by molar-refractivity contribution is 8.17. The molecular formula is C17H18N2O6S2. The van der Waals surface area contributed by atoms with E-state index in [4.69, 9.17) is 9.84 Å². The number of benzene rings is 1. The second-order valence-electron chi connectivity index (χ2n) is 5.88. The number of thioether (sulfide) groups is 2. The Labute approximate surface area is 164 Å². The summed E-state index contributed by atoms with van der Waals surface area (Å²) in [6.45, 7) is 1.75. The molecule has 144 valence electrons. The third-order valence-electron chi connectivity index (χ3n) is 4.27. The maximum absolute atomic E-state index is 12.7. The van der Waals surface area contributed by atoms with Crippen molar-refractivity contribution in [3.8, 4) is 0 Å². The van der Waals surface area contributed by atoms with Crippen LogP contribution in [0.1, 0.15) is 12.5 Å². The molecule has 3 rings (SSSR count). The maximum atomic E-state index is 12.7. The quantitative estimate of drug-likeness (QED) is 0.239. The molecule has 0 bridgehead atoms. The van der Waals surface area contributed by atoms with Crippen molar-refractivity contribution < 1.29 is 24.4 Å². The molecular weight excluding hydrogens is 392 g/mol. The van der Waals surface area contributed by atoms with Crippen LogP contribution in [0, 0.1) is 10.1 Å². The van der Waals surface area contributed by atoms with Crippen LogP contribution in [0.2, 0.25) is 0 Å². The van der Waals surface area contributed by atoms with Gasteiger partial charge in [0.05, 0.1) is 16.1 Å². The SMILES string of the molecule is CC=C1C(=O)N2C(C(=O)OCc3ccc([N+](=O)[O-])cc3)C(SCCO)S[C@H]12. The Hall–Kier alpha value is -2.04. The number of aliphatic hydroxyl groups is 1. The molecule has 2 unspecified atom stereocenters. The standard InChI is InChI=1S/C17H18N2O6S2/c1-2-12-14(21)18-13(17(26-8-7-20)27-15(12)18)16(22)25-9-10-3-5-11(6-4-10)19(23)24/h2-6,13,15,17,20H,7-9H2,1H3/t13?,15-,17?/m1/s1. The van der Waals surface area contributed by atoms with Crippen LogP contribution in [0.4, 0.5) is 5.69 Å². The largest absolute Gasteiger partial charge is 0.459 e. The van der Waals surface area contributed by atoms with Gasteiger partial charge in [-0.25, -0.2) is 4.79 Å². The minimum absolute atomic E-state index is 0.0125. The van der Waals surface area contributed by atoms with E-state index in [9.17, 15) is 19.7 Å². The number of esters is 1. The van der Waals surface area contributed by atoms with Crippen molar-refractivity contribution >= 4 is 41.1 Å². The van der Waals surface area contributed by atoms with Gasteiger partial charge in [0.2, 0.25) is 0 Å². The minimum Gasteiger partial charge on any atom is -0.459 e. The summed E-state index contributed by atoms with van der Waals surface area (Å²) >= 11 is 2.94. The normalized spacial score (nSPS) is 25.3. The lowest BCUT2D eigenvalue weighted by molar-refractivity contribution is -0.384. The van der Waals surface area contributed by atoms with Gasteiger partial charge < -0.3 is 14.7 Å². The summed E-state index contributed by atoms with van der Waals surface area (Å²) in [5.41, 5.74) is 1.27. The average molecular weight is 410 g/mol. The van der Waals surface area contributed by atoms with E-state index >= 15 is 0 Å². The van der Waals surface area contributed by atoms with E-state index in [1.54, 1.807) is 13.0 Å². The van der Waals surface area contributed by atoms with Crippen molar-refractivity contribution in [2.45, 2.75) is 29.5 Å². The highest BCUT2D eigenvalue weighted by atomic mass is 32.2. The van der Waals surface area contributed by atoms with Crippen LogP contribution in [0.15, 0.2) is 35.9 Å². The van der Waals surface area contributed by atoms with Gasteiger partial charge in [-0.05, 0) is 24.6 Å². The number of aliphatic hydroxyl groups excluding tert-OH is 1. The summed E-state index contributed by atoms with van der Waals surface area (Å²) in [6.07, 6.45) is 1.76. The zero-order valence-corrected chi connectivity index (χ0v) is 16.1. The lowest BCUT2D eigenvalue weighted by atomic mass is 10.0. The molecule has 1 N–H and O–H groups in total. The molecule has 8 nitrogen and oxygen atoms in total. The van der Waals surface area contributed by atoms with Gasteiger partial charge in [0.1, 0.15) is 12.0 Å². The third-order valence-corrected chi connectivity index (χ3v) is 7.29.